The first-order valence-electron chi connectivity index (χ1n) is 10.5. The predicted molar refractivity (Wildman–Crippen MR) is 116 cm³/mol. The summed E-state index contributed by atoms with van der Waals surface area (Å²) in [5, 5.41) is 8.05. The van der Waals surface area contributed by atoms with Crippen LogP contribution in [0.15, 0.2) is 41.0 Å². The second-order valence-corrected chi connectivity index (χ2v) is 8.00. The Hall–Kier alpha value is -2.64. The first-order valence-corrected chi connectivity index (χ1v) is 10.5. The lowest BCUT2D eigenvalue weighted by Gasteiger charge is -2.37. The zero-order chi connectivity index (χ0) is 20.9. The van der Waals surface area contributed by atoms with Crippen molar-refractivity contribution in [1.82, 2.24) is 20.1 Å². The summed E-state index contributed by atoms with van der Waals surface area (Å²) in [5.74, 6) is 1.56. The number of benzene rings is 2. The van der Waals surface area contributed by atoms with Gasteiger partial charge in [-0.1, -0.05) is 18.2 Å². The van der Waals surface area contributed by atoms with E-state index < -0.39 is 0 Å². The minimum Gasteiger partial charge on any atom is -0.493 e. The molecule has 0 bridgehead atoms. The molecule has 160 valence electrons. The maximum Gasteiger partial charge on any atom is 0.160 e. The molecular formula is C23H30N4O3. The molecule has 1 aromatic heterocycles. The molecule has 30 heavy (non-hydrogen) atoms. The average Bonchev–Trinajstić information content (AvgIpc) is 3.27. The van der Waals surface area contributed by atoms with Crippen molar-refractivity contribution in [2.24, 2.45) is 0 Å². The van der Waals surface area contributed by atoms with E-state index in [-0.39, 0.29) is 0 Å². The molecule has 0 radical (unpaired) electrons. The standard InChI is InChI=1S/C23H30N4O3/c1-26(13-11-17-9-10-21(28-2)22(14-17)29-3)19-7-5-12-27(16-19)15-18-6-4-8-20-23(18)25-30-24-20/h4,6,8-10,14,19H,5,7,11-13,15-16H2,1-3H3/t19-/m1/s1. The van der Waals surface area contributed by atoms with Crippen LogP contribution >= 0.6 is 0 Å². The molecule has 4 rings (SSSR count). The molecule has 1 aliphatic rings. The second-order valence-electron chi connectivity index (χ2n) is 8.00. The normalized spacial score (nSPS) is 17.5. The number of hydrogen-bond acceptors (Lipinski definition) is 7. The summed E-state index contributed by atoms with van der Waals surface area (Å²) in [4.78, 5) is 5.01. The van der Waals surface area contributed by atoms with Gasteiger partial charge >= 0.3 is 0 Å². The maximum atomic E-state index is 5.43. The van der Waals surface area contributed by atoms with Crippen molar-refractivity contribution in [2.45, 2.75) is 31.8 Å². The number of likely N-dealkylation sites (N-methyl/N-ethyl adjacent to an activating group) is 1. The number of aromatic nitrogens is 2. The molecule has 0 unspecified atom stereocenters. The third-order valence-corrected chi connectivity index (χ3v) is 6.07. The van der Waals surface area contributed by atoms with E-state index in [0.717, 1.165) is 55.1 Å². The molecular weight excluding hydrogens is 380 g/mol. The van der Waals surface area contributed by atoms with Crippen LogP contribution in [0.25, 0.3) is 11.0 Å². The highest BCUT2D eigenvalue weighted by Gasteiger charge is 2.24. The number of fused-ring (bicyclic) bond motifs is 1. The van der Waals surface area contributed by atoms with Crippen LogP contribution in [0.4, 0.5) is 0 Å². The van der Waals surface area contributed by atoms with Crippen molar-refractivity contribution in [3.8, 4) is 11.5 Å². The smallest absolute Gasteiger partial charge is 0.160 e. The van der Waals surface area contributed by atoms with Crippen molar-refractivity contribution in [3.05, 3.63) is 47.5 Å². The van der Waals surface area contributed by atoms with Gasteiger partial charge in [0.2, 0.25) is 0 Å². The van der Waals surface area contributed by atoms with Gasteiger partial charge in [0.05, 0.1) is 14.2 Å². The summed E-state index contributed by atoms with van der Waals surface area (Å²) in [7, 11) is 5.58. The summed E-state index contributed by atoms with van der Waals surface area (Å²) in [6.07, 6.45) is 3.42. The highest BCUT2D eigenvalue weighted by Crippen LogP contribution is 2.28. The minimum atomic E-state index is 0.550. The molecule has 1 aliphatic heterocycles. The minimum absolute atomic E-state index is 0.550. The number of likely N-dealkylation sites (tertiary alicyclic amines) is 1. The lowest BCUT2D eigenvalue weighted by Crippen LogP contribution is -2.46. The Bertz CT molecular complexity index is 974. The Morgan fingerprint density at radius 1 is 1.13 bits per heavy atom. The molecule has 2 aromatic carbocycles. The van der Waals surface area contributed by atoms with Crippen LogP contribution in [0, 0.1) is 0 Å². The monoisotopic (exact) mass is 410 g/mol. The van der Waals surface area contributed by atoms with E-state index in [0.29, 0.717) is 6.04 Å². The topological polar surface area (TPSA) is 63.9 Å². The van der Waals surface area contributed by atoms with Crippen LogP contribution in [0.1, 0.15) is 24.0 Å². The maximum absolute atomic E-state index is 5.43. The van der Waals surface area contributed by atoms with Gasteiger partial charge < -0.3 is 14.4 Å². The first-order chi connectivity index (χ1) is 14.7. The summed E-state index contributed by atoms with van der Waals surface area (Å²) in [6.45, 7) is 4.06. The zero-order valence-electron chi connectivity index (χ0n) is 18.0. The van der Waals surface area contributed by atoms with E-state index in [1.165, 1.54) is 24.0 Å². The van der Waals surface area contributed by atoms with E-state index in [1.807, 2.05) is 18.2 Å². The van der Waals surface area contributed by atoms with Gasteiger partial charge in [-0.3, -0.25) is 4.90 Å². The molecule has 7 heteroatoms. The van der Waals surface area contributed by atoms with E-state index in [9.17, 15) is 0 Å². The van der Waals surface area contributed by atoms with Gasteiger partial charge in [0.1, 0.15) is 11.0 Å². The second kappa shape index (κ2) is 9.45. The fraction of sp³-hybridized carbons (Fsp3) is 0.478. The van der Waals surface area contributed by atoms with Crippen LogP contribution in [-0.2, 0) is 13.0 Å². The molecule has 1 atom stereocenters. The Morgan fingerprint density at radius 3 is 2.83 bits per heavy atom. The SMILES string of the molecule is COc1ccc(CCN(C)[C@@H]2CCCN(Cc3cccc4nonc34)C2)cc1OC. The van der Waals surface area contributed by atoms with Crippen LogP contribution in [0.3, 0.4) is 0 Å². The van der Waals surface area contributed by atoms with Crippen molar-refractivity contribution in [3.63, 3.8) is 0 Å². The largest absolute Gasteiger partial charge is 0.493 e. The van der Waals surface area contributed by atoms with Gasteiger partial charge in [-0.15, -0.1) is 0 Å². The summed E-state index contributed by atoms with van der Waals surface area (Å²) in [5.41, 5.74) is 4.15. The highest BCUT2D eigenvalue weighted by molar-refractivity contribution is 5.76. The third kappa shape index (κ3) is 4.57. The van der Waals surface area contributed by atoms with Crippen molar-refractivity contribution < 1.29 is 14.1 Å². The Balaban J connectivity index is 1.34. The Labute approximate surface area is 177 Å². The van der Waals surface area contributed by atoms with Gasteiger partial charge in [-0.25, -0.2) is 4.63 Å². The number of hydrogen-bond donors (Lipinski definition) is 0. The fourth-order valence-corrected chi connectivity index (χ4v) is 4.29. The molecule has 0 aliphatic carbocycles. The Kier molecular flexibility index (Phi) is 6.50. The van der Waals surface area contributed by atoms with Gasteiger partial charge in [-0.2, -0.15) is 0 Å². The first kappa shape index (κ1) is 20.6. The van der Waals surface area contributed by atoms with Gasteiger partial charge in [0.25, 0.3) is 0 Å². The predicted octanol–water partition coefficient (Wildman–Crippen LogP) is 3.38. The molecule has 7 nitrogen and oxygen atoms in total. The van der Waals surface area contributed by atoms with E-state index >= 15 is 0 Å². The molecule has 0 N–H and O–H groups in total. The fourth-order valence-electron chi connectivity index (χ4n) is 4.29. The molecule has 1 fully saturated rings. The summed E-state index contributed by atoms with van der Waals surface area (Å²) < 4.78 is 15.7. The summed E-state index contributed by atoms with van der Waals surface area (Å²) in [6, 6.07) is 12.8. The van der Waals surface area contributed by atoms with Crippen molar-refractivity contribution >= 4 is 11.0 Å². The van der Waals surface area contributed by atoms with E-state index in [4.69, 9.17) is 14.1 Å². The number of rotatable bonds is 8. The summed E-state index contributed by atoms with van der Waals surface area (Å²) >= 11 is 0. The highest BCUT2D eigenvalue weighted by atomic mass is 16.6. The average molecular weight is 411 g/mol. The van der Waals surface area contributed by atoms with Crippen LogP contribution in [-0.4, -0.2) is 67.1 Å². The number of nitrogens with zero attached hydrogens (tertiary/aromatic N) is 4. The lowest BCUT2D eigenvalue weighted by molar-refractivity contribution is 0.112. The molecule has 0 amide bonds. The molecule has 3 aromatic rings. The van der Waals surface area contributed by atoms with Gasteiger partial charge in [0.15, 0.2) is 11.5 Å². The Morgan fingerprint density at radius 2 is 2.00 bits per heavy atom. The molecule has 1 saturated heterocycles. The zero-order valence-corrected chi connectivity index (χ0v) is 18.0. The lowest BCUT2D eigenvalue weighted by atomic mass is 10.0. The van der Waals surface area contributed by atoms with Crippen LogP contribution < -0.4 is 9.47 Å². The molecule has 0 spiro atoms. The number of ether oxygens (including phenoxy) is 2. The number of methoxy groups -OCH3 is 2. The van der Waals surface area contributed by atoms with Gasteiger partial charge in [0, 0.05) is 25.7 Å². The molecule has 2 heterocycles. The van der Waals surface area contributed by atoms with Gasteiger partial charge in [-0.05, 0) is 72.5 Å². The third-order valence-electron chi connectivity index (χ3n) is 6.07. The van der Waals surface area contributed by atoms with Crippen LogP contribution in [0.2, 0.25) is 0 Å². The van der Waals surface area contributed by atoms with Crippen molar-refractivity contribution in [1.29, 1.82) is 0 Å². The van der Waals surface area contributed by atoms with Crippen LogP contribution in [0.5, 0.6) is 11.5 Å². The quantitative estimate of drug-likeness (QED) is 0.564. The van der Waals surface area contributed by atoms with Crippen molar-refractivity contribution in [2.75, 3.05) is 40.9 Å². The van der Waals surface area contributed by atoms with E-state index in [2.05, 4.69) is 45.4 Å². The van der Waals surface area contributed by atoms with E-state index in [1.54, 1.807) is 14.2 Å². The number of piperidine rings is 1. The molecule has 0 saturated carbocycles.